The maximum atomic E-state index is 12.5. The van der Waals surface area contributed by atoms with E-state index in [2.05, 4.69) is 24.8 Å². The molecular weight excluding hydrogens is 295 g/mol. The molecule has 2 rings (SSSR count). The van der Waals surface area contributed by atoms with Crippen LogP contribution >= 0.6 is 0 Å². The third-order valence-electron chi connectivity index (χ3n) is 2.23. The minimum atomic E-state index is -4.62. The molecule has 8 nitrogen and oxygen atoms in total. The van der Waals surface area contributed by atoms with Crippen LogP contribution in [0.15, 0.2) is 16.8 Å². The van der Waals surface area contributed by atoms with Crippen molar-refractivity contribution in [2.24, 2.45) is 5.73 Å². The van der Waals surface area contributed by atoms with Crippen LogP contribution in [0.5, 0.6) is 0 Å². The van der Waals surface area contributed by atoms with Crippen molar-refractivity contribution in [3.63, 3.8) is 0 Å². The minimum Gasteiger partial charge on any atom is -0.437 e. The second-order valence-corrected chi connectivity index (χ2v) is 3.80. The van der Waals surface area contributed by atoms with Gasteiger partial charge in [-0.2, -0.15) is 18.2 Å². The Morgan fingerprint density at radius 3 is 2.71 bits per heavy atom. The second kappa shape index (κ2) is 5.34. The Morgan fingerprint density at radius 2 is 2.10 bits per heavy atom. The SMILES string of the molecule is C[C@H](OC(N)=O)c1nc(-c2nccc(C(F)(F)F)n2)no1. The van der Waals surface area contributed by atoms with Crippen molar-refractivity contribution in [2.75, 3.05) is 0 Å². The lowest BCUT2D eigenvalue weighted by molar-refractivity contribution is -0.141. The Kier molecular flexibility index (Phi) is 3.74. The Bertz CT molecular complexity index is 657. The van der Waals surface area contributed by atoms with Gasteiger partial charge in [0.25, 0.3) is 5.89 Å². The number of alkyl halides is 3. The van der Waals surface area contributed by atoms with Gasteiger partial charge in [0.15, 0.2) is 6.10 Å². The third-order valence-corrected chi connectivity index (χ3v) is 2.23. The third kappa shape index (κ3) is 3.43. The van der Waals surface area contributed by atoms with Crippen molar-refractivity contribution in [1.29, 1.82) is 0 Å². The quantitative estimate of drug-likeness (QED) is 0.916. The van der Waals surface area contributed by atoms with Gasteiger partial charge in [-0.25, -0.2) is 14.8 Å². The summed E-state index contributed by atoms with van der Waals surface area (Å²) < 4.78 is 46.9. The molecule has 1 atom stereocenters. The van der Waals surface area contributed by atoms with Gasteiger partial charge < -0.3 is 15.0 Å². The van der Waals surface area contributed by atoms with E-state index < -0.39 is 24.1 Å². The lowest BCUT2D eigenvalue weighted by atomic mass is 10.4. The Morgan fingerprint density at radius 1 is 1.38 bits per heavy atom. The predicted octanol–water partition coefficient (Wildman–Crippen LogP) is 1.70. The molecule has 0 aliphatic rings. The van der Waals surface area contributed by atoms with Crippen molar-refractivity contribution in [2.45, 2.75) is 19.2 Å². The van der Waals surface area contributed by atoms with Crippen LogP contribution in [0, 0.1) is 0 Å². The topological polar surface area (TPSA) is 117 Å². The first-order valence-corrected chi connectivity index (χ1v) is 5.47. The largest absolute Gasteiger partial charge is 0.437 e. The number of carbonyl (C=O) groups excluding carboxylic acids is 1. The van der Waals surface area contributed by atoms with Gasteiger partial charge >= 0.3 is 12.3 Å². The molecule has 11 heteroatoms. The van der Waals surface area contributed by atoms with Crippen LogP contribution in [0.4, 0.5) is 18.0 Å². The van der Waals surface area contributed by atoms with E-state index in [4.69, 9.17) is 10.3 Å². The molecule has 0 aromatic carbocycles. The molecular formula is C10H8F3N5O3. The molecule has 1 amide bonds. The zero-order valence-corrected chi connectivity index (χ0v) is 10.5. The van der Waals surface area contributed by atoms with Gasteiger partial charge in [0.05, 0.1) is 0 Å². The van der Waals surface area contributed by atoms with E-state index in [0.29, 0.717) is 6.07 Å². The van der Waals surface area contributed by atoms with Crippen molar-refractivity contribution in [3.8, 4) is 11.6 Å². The number of hydrogen-bond acceptors (Lipinski definition) is 7. The van der Waals surface area contributed by atoms with Crippen molar-refractivity contribution >= 4 is 6.09 Å². The smallest absolute Gasteiger partial charge is 0.433 e. The average Bonchev–Trinajstić information content (AvgIpc) is 2.86. The van der Waals surface area contributed by atoms with Gasteiger partial charge in [-0.15, -0.1) is 0 Å². The predicted molar refractivity (Wildman–Crippen MR) is 59.4 cm³/mol. The number of hydrogen-bond donors (Lipinski definition) is 1. The van der Waals surface area contributed by atoms with E-state index in [1.54, 1.807) is 0 Å². The number of nitrogens with zero attached hydrogens (tertiary/aromatic N) is 4. The minimum absolute atomic E-state index is 0.148. The molecule has 2 aromatic heterocycles. The summed E-state index contributed by atoms with van der Waals surface area (Å²) in [6, 6.07) is 0.712. The number of carbonyl (C=O) groups is 1. The Labute approximate surface area is 115 Å². The molecule has 0 saturated heterocycles. The number of aromatic nitrogens is 4. The summed E-state index contributed by atoms with van der Waals surface area (Å²) in [6.07, 6.45) is -5.70. The fourth-order valence-corrected chi connectivity index (χ4v) is 1.34. The maximum Gasteiger partial charge on any atom is 0.433 e. The molecule has 2 N–H and O–H groups in total. The van der Waals surface area contributed by atoms with E-state index in [1.807, 2.05) is 0 Å². The highest BCUT2D eigenvalue weighted by molar-refractivity contribution is 5.64. The molecule has 0 fully saturated rings. The van der Waals surface area contributed by atoms with Gasteiger partial charge in [-0.05, 0) is 13.0 Å². The summed E-state index contributed by atoms with van der Waals surface area (Å²) in [6.45, 7) is 1.40. The van der Waals surface area contributed by atoms with E-state index in [1.165, 1.54) is 6.92 Å². The van der Waals surface area contributed by atoms with Gasteiger partial charge in [0, 0.05) is 6.20 Å². The summed E-state index contributed by atoms with van der Waals surface area (Å²) in [4.78, 5) is 21.3. The summed E-state index contributed by atoms with van der Waals surface area (Å²) in [5.41, 5.74) is 3.68. The van der Waals surface area contributed by atoms with Crippen molar-refractivity contribution in [1.82, 2.24) is 20.1 Å². The van der Waals surface area contributed by atoms with Gasteiger partial charge in [0.1, 0.15) is 5.69 Å². The highest BCUT2D eigenvalue weighted by Crippen LogP contribution is 2.28. The Hall–Kier alpha value is -2.72. The summed E-state index contributed by atoms with van der Waals surface area (Å²) in [5, 5.41) is 3.43. The molecule has 0 radical (unpaired) electrons. The summed E-state index contributed by atoms with van der Waals surface area (Å²) in [5.74, 6) is -0.785. The first-order chi connectivity index (χ1) is 9.77. The molecule has 0 unspecified atom stereocenters. The van der Waals surface area contributed by atoms with Crippen LogP contribution in [0.3, 0.4) is 0 Å². The van der Waals surface area contributed by atoms with Crippen molar-refractivity contribution < 1.29 is 27.2 Å². The molecule has 0 aliphatic carbocycles. The molecule has 2 heterocycles. The lowest BCUT2D eigenvalue weighted by Crippen LogP contribution is -2.15. The number of nitrogens with two attached hydrogens (primary N) is 1. The summed E-state index contributed by atoms with van der Waals surface area (Å²) >= 11 is 0. The van der Waals surface area contributed by atoms with E-state index in [-0.39, 0.29) is 17.5 Å². The molecule has 2 aromatic rings. The van der Waals surface area contributed by atoms with E-state index in [9.17, 15) is 18.0 Å². The molecule has 0 aliphatic heterocycles. The van der Waals surface area contributed by atoms with Crippen LogP contribution in [0.2, 0.25) is 0 Å². The fraction of sp³-hybridized carbons (Fsp3) is 0.300. The molecule has 0 bridgehead atoms. The van der Waals surface area contributed by atoms with Crippen LogP contribution < -0.4 is 5.73 Å². The van der Waals surface area contributed by atoms with Crippen LogP contribution in [-0.4, -0.2) is 26.2 Å². The van der Waals surface area contributed by atoms with Gasteiger partial charge in [0.2, 0.25) is 11.6 Å². The molecule has 112 valence electrons. The van der Waals surface area contributed by atoms with Crippen LogP contribution in [-0.2, 0) is 10.9 Å². The van der Waals surface area contributed by atoms with Crippen molar-refractivity contribution in [3.05, 3.63) is 23.8 Å². The van der Waals surface area contributed by atoms with E-state index in [0.717, 1.165) is 6.20 Å². The van der Waals surface area contributed by atoms with Gasteiger partial charge in [-0.3, -0.25) is 0 Å². The first kappa shape index (κ1) is 14.7. The number of primary amides is 1. The fourth-order valence-electron chi connectivity index (χ4n) is 1.34. The number of rotatable bonds is 3. The van der Waals surface area contributed by atoms with Crippen LogP contribution in [0.25, 0.3) is 11.6 Å². The average molecular weight is 303 g/mol. The highest BCUT2D eigenvalue weighted by atomic mass is 19.4. The number of ether oxygens (including phenoxy) is 1. The number of amides is 1. The second-order valence-electron chi connectivity index (χ2n) is 3.80. The first-order valence-electron chi connectivity index (χ1n) is 5.47. The molecule has 0 spiro atoms. The zero-order chi connectivity index (χ0) is 15.6. The monoisotopic (exact) mass is 303 g/mol. The number of halogens is 3. The van der Waals surface area contributed by atoms with E-state index >= 15 is 0 Å². The van der Waals surface area contributed by atoms with Gasteiger partial charge in [-0.1, -0.05) is 5.16 Å². The normalized spacial score (nSPS) is 13.0. The Balaban J connectivity index is 2.28. The lowest BCUT2D eigenvalue weighted by Gasteiger charge is -2.05. The van der Waals surface area contributed by atoms with Crippen LogP contribution in [0.1, 0.15) is 24.6 Å². The maximum absolute atomic E-state index is 12.5. The molecule has 21 heavy (non-hydrogen) atoms. The standard InChI is InChI=1S/C10H8F3N5O3/c1-4(20-9(14)19)8-17-7(18-21-8)6-15-3-2-5(16-6)10(11,12)13/h2-4H,1H3,(H2,14,19)/t4-/m0/s1. The highest BCUT2D eigenvalue weighted by Gasteiger charge is 2.33. The zero-order valence-electron chi connectivity index (χ0n) is 10.5. The molecule has 0 saturated carbocycles. The summed E-state index contributed by atoms with van der Waals surface area (Å²) in [7, 11) is 0.